The van der Waals surface area contributed by atoms with Crippen molar-refractivity contribution in [3.63, 3.8) is 0 Å². The number of benzene rings is 2. The lowest BCUT2D eigenvalue weighted by molar-refractivity contribution is 0.374. The number of aromatic nitrogens is 5. The molecule has 0 saturated carbocycles. The van der Waals surface area contributed by atoms with Gasteiger partial charge >= 0.3 is 0 Å². The largest absolute Gasteiger partial charge is 0.339 e. The van der Waals surface area contributed by atoms with Crippen molar-refractivity contribution in [1.29, 1.82) is 0 Å². The van der Waals surface area contributed by atoms with Crippen LogP contribution < -0.4 is 0 Å². The van der Waals surface area contributed by atoms with Crippen LogP contribution in [0.25, 0.3) is 22.4 Å². The summed E-state index contributed by atoms with van der Waals surface area (Å²) in [5, 5.41) is 13.3. The molecule has 0 fully saturated rings. The molecule has 2 aromatic carbocycles. The van der Waals surface area contributed by atoms with Gasteiger partial charge in [-0.05, 0) is 50.0 Å². The van der Waals surface area contributed by atoms with E-state index in [1.54, 1.807) is 0 Å². The van der Waals surface area contributed by atoms with Gasteiger partial charge in [0.05, 0.1) is 18.5 Å². The van der Waals surface area contributed by atoms with Crippen molar-refractivity contribution in [3.8, 4) is 11.4 Å². The van der Waals surface area contributed by atoms with Crippen LogP contribution >= 0.6 is 11.6 Å². The number of fused-ring (bicyclic) bond motifs is 1. The van der Waals surface area contributed by atoms with E-state index in [9.17, 15) is 0 Å². The van der Waals surface area contributed by atoms with Gasteiger partial charge in [0.25, 0.3) is 0 Å². The zero-order valence-corrected chi connectivity index (χ0v) is 15.9. The molecule has 0 aliphatic rings. The molecule has 4 aromatic rings. The van der Waals surface area contributed by atoms with Crippen molar-refractivity contribution >= 4 is 22.6 Å². The second-order valence-electron chi connectivity index (χ2n) is 6.63. The average molecular weight is 383 g/mol. The molecule has 0 aliphatic heterocycles. The Labute approximate surface area is 161 Å². The zero-order chi connectivity index (χ0) is 18.8. The van der Waals surface area contributed by atoms with Gasteiger partial charge in [-0.25, -0.2) is 4.68 Å². The van der Waals surface area contributed by atoms with E-state index < -0.39 is 0 Å². The van der Waals surface area contributed by atoms with E-state index >= 15 is 0 Å². The zero-order valence-electron chi connectivity index (χ0n) is 15.1. The van der Waals surface area contributed by atoms with Crippen molar-refractivity contribution in [2.75, 3.05) is 20.6 Å². The van der Waals surface area contributed by atoms with Crippen LogP contribution in [-0.2, 0) is 13.0 Å². The van der Waals surface area contributed by atoms with Crippen LogP contribution in [0.15, 0.2) is 47.0 Å². The fraction of sp³-hybridized carbons (Fsp3) is 0.263. The molecule has 0 unspecified atom stereocenters. The first-order valence-electron chi connectivity index (χ1n) is 8.64. The fourth-order valence-corrected chi connectivity index (χ4v) is 2.92. The number of hydrogen-bond donors (Lipinski definition) is 0. The Kier molecular flexibility index (Phi) is 4.87. The summed E-state index contributed by atoms with van der Waals surface area (Å²) < 4.78 is 7.30. The first-order chi connectivity index (χ1) is 13.1. The molecule has 4 rings (SSSR count). The minimum Gasteiger partial charge on any atom is -0.339 e. The highest BCUT2D eigenvalue weighted by molar-refractivity contribution is 6.30. The maximum atomic E-state index is 5.92. The molecule has 0 radical (unpaired) electrons. The minimum atomic E-state index is 0.545. The molecule has 7 nitrogen and oxygen atoms in total. The third kappa shape index (κ3) is 3.99. The van der Waals surface area contributed by atoms with Crippen LogP contribution in [-0.4, -0.2) is 50.7 Å². The summed E-state index contributed by atoms with van der Waals surface area (Å²) in [5.41, 5.74) is 3.72. The van der Waals surface area contributed by atoms with E-state index in [0.29, 0.717) is 23.2 Å². The summed E-state index contributed by atoms with van der Waals surface area (Å²) in [6.45, 7) is 1.69. The molecule has 0 saturated heterocycles. The van der Waals surface area contributed by atoms with Gasteiger partial charge < -0.3 is 9.42 Å². The Morgan fingerprint density at radius 3 is 2.70 bits per heavy atom. The maximum absolute atomic E-state index is 5.92. The van der Waals surface area contributed by atoms with Crippen molar-refractivity contribution < 1.29 is 4.52 Å². The van der Waals surface area contributed by atoms with Gasteiger partial charge in [0, 0.05) is 17.1 Å². The number of likely N-dealkylation sites (N-methyl/N-ethyl adjacent to an activating group) is 1. The molecule has 0 atom stereocenters. The minimum absolute atomic E-state index is 0.545. The molecule has 0 spiro atoms. The molecule has 0 bridgehead atoms. The third-order valence-corrected chi connectivity index (χ3v) is 4.52. The number of nitrogens with zero attached hydrogens (tertiary/aromatic N) is 6. The molecular formula is C19H19ClN6O. The summed E-state index contributed by atoms with van der Waals surface area (Å²) in [6, 6.07) is 13.5. The van der Waals surface area contributed by atoms with Crippen molar-refractivity contribution in [1.82, 2.24) is 30.0 Å². The molecule has 27 heavy (non-hydrogen) atoms. The van der Waals surface area contributed by atoms with Gasteiger partial charge in [-0.15, -0.1) is 5.10 Å². The summed E-state index contributed by atoms with van der Waals surface area (Å²) in [7, 11) is 4.07. The topological polar surface area (TPSA) is 72.9 Å². The lowest BCUT2D eigenvalue weighted by atomic mass is 10.1. The third-order valence-electron chi connectivity index (χ3n) is 4.27. The average Bonchev–Trinajstić information content (AvgIpc) is 3.28. The molecule has 2 aromatic heterocycles. The smallest absolute Gasteiger partial charge is 0.231 e. The lowest BCUT2D eigenvalue weighted by Crippen LogP contribution is -2.18. The highest BCUT2D eigenvalue weighted by atomic mass is 35.5. The van der Waals surface area contributed by atoms with E-state index in [4.69, 9.17) is 16.1 Å². The predicted molar refractivity (Wildman–Crippen MR) is 104 cm³/mol. The number of hydrogen-bond acceptors (Lipinski definition) is 6. The molecule has 138 valence electrons. The molecule has 0 aliphatic carbocycles. The van der Waals surface area contributed by atoms with Gasteiger partial charge in [-0.2, -0.15) is 4.98 Å². The van der Waals surface area contributed by atoms with Gasteiger partial charge in [-0.1, -0.05) is 34.1 Å². The van der Waals surface area contributed by atoms with Crippen LogP contribution in [0.1, 0.15) is 11.5 Å². The summed E-state index contributed by atoms with van der Waals surface area (Å²) in [4.78, 5) is 6.61. The highest BCUT2D eigenvalue weighted by Gasteiger charge is 2.12. The second-order valence-corrected chi connectivity index (χ2v) is 7.07. The Morgan fingerprint density at radius 1 is 1.11 bits per heavy atom. The van der Waals surface area contributed by atoms with E-state index in [0.717, 1.165) is 35.2 Å². The molecule has 0 N–H and O–H groups in total. The van der Waals surface area contributed by atoms with E-state index in [1.807, 2.05) is 61.2 Å². The predicted octanol–water partition coefficient (Wildman–Crippen LogP) is 3.29. The SMILES string of the molecule is CN(C)CCn1nnc2cc(-c3noc(Cc4ccc(Cl)cc4)n3)ccc21. The second kappa shape index (κ2) is 7.46. The normalized spacial score (nSPS) is 11.6. The first kappa shape index (κ1) is 17.6. The number of rotatable bonds is 6. The Bertz CT molecular complexity index is 1050. The Hall–Kier alpha value is -2.77. The lowest BCUT2D eigenvalue weighted by Gasteiger charge is -2.09. The monoisotopic (exact) mass is 382 g/mol. The number of halogens is 1. The molecule has 0 amide bonds. The van der Waals surface area contributed by atoms with Gasteiger partial charge in [-0.3, -0.25) is 0 Å². The van der Waals surface area contributed by atoms with Crippen molar-refractivity contribution in [2.45, 2.75) is 13.0 Å². The summed E-state index contributed by atoms with van der Waals surface area (Å²) in [5.74, 6) is 1.10. The molecular weight excluding hydrogens is 364 g/mol. The van der Waals surface area contributed by atoms with Crippen LogP contribution in [0.2, 0.25) is 5.02 Å². The Balaban J connectivity index is 1.54. The van der Waals surface area contributed by atoms with E-state index in [1.165, 1.54) is 0 Å². The van der Waals surface area contributed by atoms with Crippen LogP contribution in [0.3, 0.4) is 0 Å². The summed E-state index contributed by atoms with van der Waals surface area (Å²) >= 11 is 5.92. The maximum Gasteiger partial charge on any atom is 0.231 e. The highest BCUT2D eigenvalue weighted by Crippen LogP contribution is 2.22. The molecule has 8 heteroatoms. The van der Waals surface area contributed by atoms with Crippen molar-refractivity contribution in [2.24, 2.45) is 0 Å². The van der Waals surface area contributed by atoms with Crippen LogP contribution in [0.5, 0.6) is 0 Å². The fourth-order valence-electron chi connectivity index (χ4n) is 2.79. The molecule has 2 heterocycles. The Morgan fingerprint density at radius 2 is 1.93 bits per heavy atom. The van der Waals surface area contributed by atoms with E-state index in [-0.39, 0.29) is 0 Å². The van der Waals surface area contributed by atoms with Crippen LogP contribution in [0, 0.1) is 0 Å². The quantitative estimate of drug-likeness (QED) is 0.509. The van der Waals surface area contributed by atoms with Crippen molar-refractivity contribution in [3.05, 3.63) is 58.9 Å². The standard InChI is InChI=1S/C19H19ClN6O/c1-25(2)9-10-26-17-8-5-14(12-16(17)22-24-26)19-21-18(27-23-19)11-13-3-6-15(20)7-4-13/h3-8,12H,9-11H2,1-2H3. The van der Waals surface area contributed by atoms with Gasteiger partial charge in [0.15, 0.2) is 0 Å². The van der Waals surface area contributed by atoms with E-state index in [2.05, 4.69) is 25.4 Å². The first-order valence-corrected chi connectivity index (χ1v) is 9.02. The van der Waals surface area contributed by atoms with Gasteiger partial charge in [0.1, 0.15) is 5.52 Å². The summed E-state index contributed by atoms with van der Waals surface area (Å²) in [6.07, 6.45) is 0.563. The van der Waals surface area contributed by atoms with Gasteiger partial charge in [0.2, 0.25) is 11.7 Å². The van der Waals surface area contributed by atoms with Crippen LogP contribution in [0.4, 0.5) is 0 Å².